The summed E-state index contributed by atoms with van der Waals surface area (Å²) in [6, 6.07) is 7.05. The van der Waals surface area contributed by atoms with Crippen LogP contribution in [0.4, 0.5) is 4.79 Å². The van der Waals surface area contributed by atoms with Gasteiger partial charge >= 0.3 is 12.0 Å². The SMILES string of the molecule is Cc1nc2ccccc2c(C)c1C(=O)OCC(=O)N1CCNC1=O. The van der Waals surface area contributed by atoms with Crippen LogP contribution in [-0.4, -0.2) is 47.5 Å². The van der Waals surface area contributed by atoms with Crippen molar-refractivity contribution in [2.75, 3.05) is 19.7 Å². The van der Waals surface area contributed by atoms with Crippen LogP contribution >= 0.6 is 0 Å². The molecule has 3 rings (SSSR count). The number of urea groups is 1. The number of amides is 3. The summed E-state index contributed by atoms with van der Waals surface area (Å²) in [4.78, 5) is 41.2. The third kappa shape index (κ3) is 2.80. The molecule has 1 aromatic heterocycles. The van der Waals surface area contributed by atoms with Gasteiger partial charge in [0.2, 0.25) is 0 Å². The van der Waals surface area contributed by atoms with Crippen LogP contribution in [0.3, 0.4) is 0 Å². The lowest BCUT2D eigenvalue weighted by Gasteiger charge is -2.14. The lowest BCUT2D eigenvalue weighted by Crippen LogP contribution is -2.37. The number of pyridine rings is 1. The monoisotopic (exact) mass is 327 g/mol. The maximum atomic E-state index is 12.4. The van der Waals surface area contributed by atoms with Gasteiger partial charge in [-0.05, 0) is 25.5 Å². The van der Waals surface area contributed by atoms with E-state index in [1.165, 1.54) is 0 Å². The molecule has 0 radical (unpaired) electrons. The Morgan fingerprint density at radius 3 is 2.75 bits per heavy atom. The minimum absolute atomic E-state index is 0.283. The number of nitrogens with one attached hydrogen (secondary N) is 1. The molecule has 0 aliphatic carbocycles. The van der Waals surface area contributed by atoms with E-state index in [9.17, 15) is 14.4 Å². The van der Waals surface area contributed by atoms with E-state index in [-0.39, 0.29) is 6.54 Å². The van der Waals surface area contributed by atoms with Gasteiger partial charge in [-0.2, -0.15) is 0 Å². The van der Waals surface area contributed by atoms with Crippen LogP contribution in [-0.2, 0) is 9.53 Å². The zero-order valence-corrected chi connectivity index (χ0v) is 13.5. The molecule has 7 nitrogen and oxygen atoms in total. The summed E-state index contributed by atoms with van der Waals surface area (Å²) in [5.74, 6) is -1.15. The molecule has 7 heteroatoms. The number of hydrogen-bond acceptors (Lipinski definition) is 5. The van der Waals surface area contributed by atoms with Crippen LogP contribution in [0.15, 0.2) is 24.3 Å². The Morgan fingerprint density at radius 1 is 1.29 bits per heavy atom. The van der Waals surface area contributed by atoms with Crippen LogP contribution < -0.4 is 5.32 Å². The van der Waals surface area contributed by atoms with Gasteiger partial charge < -0.3 is 10.1 Å². The van der Waals surface area contributed by atoms with E-state index in [1.807, 2.05) is 31.2 Å². The number of carbonyl (C=O) groups is 3. The summed E-state index contributed by atoms with van der Waals surface area (Å²) >= 11 is 0. The topological polar surface area (TPSA) is 88.6 Å². The summed E-state index contributed by atoms with van der Waals surface area (Å²) in [6.45, 7) is 3.77. The standard InChI is InChI=1S/C17H17N3O4/c1-10-12-5-3-4-6-13(12)19-11(2)15(10)16(22)24-9-14(21)20-8-7-18-17(20)23/h3-6H,7-9H2,1-2H3,(H,18,23). The van der Waals surface area contributed by atoms with Gasteiger partial charge in [0.25, 0.3) is 5.91 Å². The van der Waals surface area contributed by atoms with Crippen LogP contribution in [0.2, 0.25) is 0 Å². The molecule has 124 valence electrons. The molecule has 3 amide bonds. The van der Waals surface area contributed by atoms with E-state index >= 15 is 0 Å². The molecule has 0 atom stereocenters. The highest BCUT2D eigenvalue weighted by Gasteiger charge is 2.27. The second-order valence-electron chi connectivity index (χ2n) is 5.57. The molecule has 2 heterocycles. The van der Waals surface area contributed by atoms with Crippen LogP contribution in [0.5, 0.6) is 0 Å². The highest BCUT2D eigenvalue weighted by Crippen LogP contribution is 2.23. The predicted molar refractivity (Wildman–Crippen MR) is 86.6 cm³/mol. The normalized spacial score (nSPS) is 13.9. The molecular weight excluding hydrogens is 310 g/mol. The fourth-order valence-electron chi connectivity index (χ4n) is 2.82. The smallest absolute Gasteiger partial charge is 0.340 e. The second kappa shape index (κ2) is 6.27. The van der Waals surface area contributed by atoms with Crippen molar-refractivity contribution in [2.45, 2.75) is 13.8 Å². The number of hydrogen-bond donors (Lipinski definition) is 1. The molecule has 1 aliphatic rings. The first kappa shape index (κ1) is 15.9. The van der Waals surface area contributed by atoms with Gasteiger partial charge in [0.1, 0.15) is 0 Å². The lowest BCUT2D eigenvalue weighted by molar-refractivity contribution is -0.130. The van der Waals surface area contributed by atoms with E-state index in [0.717, 1.165) is 21.4 Å². The van der Waals surface area contributed by atoms with Crippen molar-refractivity contribution in [3.63, 3.8) is 0 Å². The molecular formula is C17H17N3O4. The van der Waals surface area contributed by atoms with E-state index in [2.05, 4.69) is 10.3 Å². The maximum Gasteiger partial charge on any atom is 0.340 e. The number of aryl methyl sites for hydroxylation is 2. The van der Waals surface area contributed by atoms with Crippen molar-refractivity contribution in [3.8, 4) is 0 Å². The Bertz CT molecular complexity index is 847. The fourth-order valence-corrected chi connectivity index (χ4v) is 2.82. The van der Waals surface area contributed by atoms with E-state index in [4.69, 9.17) is 4.74 Å². The Morgan fingerprint density at radius 2 is 2.04 bits per heavy atom. The first-order chi connectivity index (χ1) is 11.5. The number of nitrogens with zero attached hydrogens (tertiary/aromatic N) is 2. The third-order valence-corrected chi connectivity index (χ3v) is 4.02. The van der Waals surface area contributed by atoms with Crippen LogP contribution in [0, 0.1) is 13.8 Å². The molecule has 1 saturated heterocycles. The number of carbonyl (C=O) groups excluding carboxylic acids is 3. The zero-order valence-electron chi connectivity index (χ0n) is 13.5. The number of aromatic nitrogens is 1. The number of benzene rings is 1. The zero-order chi connectivity index (χ0) is 17.3. The molecule has 1 aliphatic heterocycles. The summed E-state index contributed by atoms with van der Waals surface area (Å²) < 4.78 is 5.11. The Labute approximate surface area is 138 Å². The maximum absolute atomic E-state index is 12.4. The molecule has 1 N–H and O–H groups in total. The van der Waals surface area contributed by atoms with Crippen molar-refractivity contribution in [1.29, 1.82) is 0 Å². The molecule has 0 bridgehead atoms. The average molecular weight is 327 g/mol. The Balaban J connectivity index is 1.79. The molecule has 24 heavy (non-hydrogen) atoms. The quantitative estimate of drug-likeness (QED) is 0.864. The highest BCUT2D eigenvalue weighted by atomic mass is 16.5. The second-order valence-corrected chi connectivity index (χ2v) is 5.57. The number of esters is 1. The average Bonchev–Trinajstić information content (AvgIpc) is 2.99. The van der Waals surface area contributed by atoms with E-state index < -0.39 is 24.5 Å². The predicted octanol–water partition coefficient (Wildman–Crippen LogP) is 1.56. The first-order valence-corrected chi connectivity index (χ1v) is 7.60. The van der Waals surface area contributed by atoms with Crippen LogP contribution in [0.1, 0.15) is 21.6 Å². The minimum atomic E-state index is -0.615. The molecule has 0 saturated carbocycles. The number of fused-ring (bicyclic) bond motifs is 1. The van der Waals surface area contributed by atoms with Gasteiger partial charge in [0.05, 0.1) is 16.8 Å². The lowest BCUT2D eigenvalue weighted by atomic mass is 10.0. The van der Waals surface area contributed by atoms with Crippen molar-refractivity contribution in [2.24, 2.45) is 0 Å². The number of rotatable bonds is 3. The van der Waals surface area contributed by atoms with Gasteiger partial charge in [-0.1, -0.05) is 18.2 Å². The van der Waals surface area contributed by atoms with E-state index in [0.29, 0.717) is 17.8 Å². The van der Waals surface area contributed by atoms with Crippen molar-refractivity contribution < 1.29 is 19.1 Å². The fraction of sp³-hybridized carbons (Fsp3) is 0.294. The van der Waals surface area contributed by atoms with Crippen molar-refractivity contribution in [1.82, 2.24) is 15.2 Å². The molecule has 2 aromatic rings. The summed E-state index contributed by atoms with van der Waals surface area (Å²) in [7, 11) is 0. The highest BCUT2D eigenvalue weighted by molar-refractivity contribution is 6.00. The summed E-state index contributed by atoms with van der Waals surface area (Å²) in [6.07, 6.45) is 0. The summed E-state index contributed by atoms with van der Waals surface area (Å²) in [5, 5.41) is 3.39. The van der Waals surface area contributed by atoms with Crippen molar-refractivity contribution in [3.05, 3.63) is 41.1 Å². The molecule has 1 fully saturated rings. The largest absolute Gasteiger partial charge is 0.452 e. The minimum Gasteiger partial charge on any atom is -0.452 e. The molecule has 0 unspecified atom stereocenters. The van der Waals surface area contributed by atoms with Gasteiger partial charge in [0.15, 0.2) is 6.61 Å². The van der Waals surface area contributed by atoms with Crippen molar-refractivity contribution >= 4 is 28.8 Å². The van der Waals surface area contributed by atoms with Gasteiger partial charge in [-0.3, -0.25) is 14.7 Å². The number of imide groups is 1. The Hall–Kier alpha value is -2.96. The van der Waals surface area contributed by atoms with E-state index in [1.54, 1.807) is 6.92 Å². The van der Waals surface area contributed by atoms with Gasteiger partial charge in [0, 0.05) is 18.5 Å². The Kier molecular flexibility index (Phi) is 4.16. The first-order valence-electron chi connectivity index (χ1n) is 7.60. The number of ether oxygens (including phenoxy) is 1. The molecule has 1 aromatic carbocycles. The molecule has 0 spiro atoms. The van der Waals surface area contributed by atoms with Gasteiger partial charge in [-0.25, -0.2) is 9.59 Å². The third-order valence-electron chi connectivity index (χ3n) is 4.02. The van der Waals surface area contributed by atoms with Gasteiger partial charge in [-0.15, -0.1) is 0 Å². The number of para-hydroxylation sites is 1. The van der Waals surface area contributed by atoms with Crippen LogP contribution in [0.25, 0.3) is 10.9 Å². The summed E-state index contributed by atoms with van der Waals surface area (Å²) in [5.41, 5.74) is 2.46.